The molecular formula is C23H27F3N4O2. The second-order valence-electron chi connectivity index (χ2n) is 8.09. The summed E-state index contributed by atoms with van der Waals surface area (Å²) in [6.45, 7) is 2.96. The van der Waals surface area contributed by atoms with E-state index in [-0.39, 0.29) is 12.1 Å². The normalized spacial score (nSPS) is 20.2. The highest BCUT2D eigenvalue weighted by molar-refractivity contribution is 5.78. The van der Waals surface area contributed by atoms with Gasteiger partial charge in [-0.15, -0.1) is 0 Å². The summed E-state index contributed by atoms with van der Waals surface area (Å²) in [4.78, 5) is 8.67. The third kappa shape index (κ3) is 4.06. The minimum absolute atomic E-state index is 0.114. The molecule has 2 aliphatic rings. The third-order valence-corrected chi connectivity index (χ3v) is 6.31. The van der Waals surface area contributed by atoms with Crippen molar-refractivity contribution in [3.63, 3.8) is 0 Å². The number of hydrogen-bond acceptors (Lipinski definition) is 5. The number of nitrogens with zero attached hydrogens (tertiary/aromatic N) is 3. The lowest BCUT2D eigenvalue weighted by molar-refractivity contribution is 0.144. The summed E-state index contributed by atoms with van der Waals surface area (Å²) in [5, 5.41) is 11.2. The number of hydrogen-bond donors (Lipinski definition) is 2. The summed E-state index contributed by atoms with van der Waals surface area (Å²) in [7, 11) is 1.00. The average Bonchev–Trinajstić information content (AvgIpc) is 3.44. The number of fused-ring (bicyclic) bond motifs is 2. The van der Waals surface area contributed by atoms with Crippen LogP contribution in [0.3, 0.4) is 0 Å². The highest BCUT2D eigenvalue weighted by atomic mass is 19.3. The molecule has 9 heteroatoms. The molecule has 2 unspecified atom stereocenters. The number of alkyl halides is 2. The van der Waals surface area contributed by atoms with E-state index in [0.717, 1.165) is 43.1 Å². The van der Waals surface area contributed by atoms with Crippen LogP contribution in [0.2, 0.25) is 0 Å². The van der Waals surface area contributed by atoms with Gasteiger partial charge in [0.15, 0.2) is 0 Å². The Balaban J connectivity index is 0.00000119. The Bertz CT molecular complexity index is 1100. The molecule has 1 aliphatic heterocycles. The maximum Gasteiger partial charge on any atom is 0.266 e. The van der Waals surface area contributed by atoms with Crippen LogP contribution in [0.5, 0.6) is 5.75 Å². The second kappa shape index (κ2) is 9.46. The van der Waals surface area contributed by atoms with Crippen molar-refractivity contribution in [3.8, 4) is 5.75 Å². The lowest BCUT2D eigenvalue weighted by atomic mass is 9.96. The monoisotopic (exact) mass is 448 g/mol. The van der Waals surface area contributed by atoms with Gasteiger partial charge in [0.2, 0.25) is 0 Å². The highest BCUT2D eigenvalue weighted by Crippen LogP contribution is 2.39. The van der Waals surface area contributed by atoms with E-state index in [1.807, 2.05) is 19.2 Å². The molecule has 0 amide bonds. The van der Waals surface area contributed by atoms with Crippen LogP contribution in [-0.2, 0) is 13.0 Å². The van der Waals surface area contributed by atoms with Crippen LogP contribution in [0.4, 0.5) is 13.2 Å². The topological polar surface area (TPSA) is 72.2 Å². The first-order valence-corrected chi connectivity index (χ1v) is 10.8. The lowest BCUT2D eigenvalue weighted by Crippen LogP contribution is -2.27. The highest BCUT2D eigenvalue weighted by Gasteiger charge is 2.31. The summed E-state index contributed by atoms with van der Waals surface area (Å²) in [6.07, 6.45) is 3.46. The second-order valence-corrected chi connectivity index (χ2v) is 8.09. The van der Waals surface area contributed by atoms with Crippen LogP contribution in [0.25, 0.3) is 11.0 Å². The van der Waals surface area contributed by atoms with E-state index >= 15 is 0 Å². The fraction of sp³-hybridized carbons (Fsp3) is 0.478. The molecule has 5 rings (SSSR count). The summed E-state index contributed by atoms with van der Waals surface area (Å²) in [6, 6.07) is 3.43. The molecule has 0 bridgehead atoms. The summed E-state index contributed by atoms with van der Waals surface area (Å²) in [5.41, 5.74) is 2.30. The Kier molecular flexibility index (Phi) is 6.66. The summed E-state index contributed by atoms with van der Waals surface area (Å²) in [5.74, 6) is -0.401. The van der Waals surface area contributed by atoms with Gasteiger partial charge in [0.05, 0.1) is 11.3 Å². The Labute approximate surface area is 184 Å². The molecule has 2 N–H and O–H groups in total. The van der Waals surface area contributed by atoms with Gasteiger partial charge in [-0.1, -0.05) is 0 Å². The molecule has 6 nitrogen and oxygen atoms in total. The number of nitrogens with one attached hydrogen (secondary N) is 1. The molecule has 3 heterocycles. The van der Waals surface area contributed by atoms with Gasteiger partial charge in [-0.25, -0.2) is 23.1 Å². The maximum atomic E-state index is 14.5. The van der Waals surface area contributed by atoms with Gasteiger partial charge >= 0.3 is 0 Å². The molecule has 1 aliphatic carbocycles. The van der Waals surface area contributed by atoms with E-state index in [2.05, 4.69) is 19.9 Å². The average molecular weight is 448 g/mol. The van der Waals surface area contributed by atoms with Crippen molar-refractivity contribution in [1.29, 1.82) is 0 Å². The van der Waals surface area contributed by atoms with E-state index in [9.17, 15) is 13.2 Å². The number of ether oxygens (including phenoxy) is 1. The van der Waals surface area contributed by atoms with Gasteiger partial charge < -0.3 is 19.7 Å². The molecular weight excluding hydrogens is 421 g/mol. The van der Waals surface area contributed by atoms with Crippen LogP contribution < -0.4 is 10.1 Å². The zero-order chi connectivity index (χ0) is 22.8. The number of rotatable bonds is 4. The van der Waals surface area contributed by atoms with E-state index < -0.39 is 17.8 Å². The largest absolute Gasteiger partial charge is 0.490 e. The van der Waals surface area contributed by atoms with E-state index in [0.29, 0.717) is 36.4 Å². The van der Waals surface area contributed by atoms with Gasteiger partial charge in [0.1, 0.15) is 29.6 Å². The van der Waals surface area contributed by atoms with E-state index in [1.54, 1.807) is 6.33 Å². The summed E-state index contributed by atoms with van der Waals surface area (Å²) >= 11 is 0. The van der Waals surface area contributed by atoms with Crippen LogP contribution in [0, 0.1) is 12.7 Å². The molecule has 1 saturated carbocycles. The SMILES string of the molecule is CO.Cc1ncnc2c1ccn2C1CCC(Oc2cc(C(F)F)c(F)c3c2CNCC3)C1. The Morgan fingerprint density at radius 2 is 2.03 bits per heavy atom. The van der Waals surface area contributed by atoms with E-state index in [1.165, 1.54) is 6.07 Å². The van der Waals surface area contributed by atoms with Crippen molar-refractivity contribution < 1.29 is 23.0 Å². The Morgan fingerprint density at radius 1 is 1.22 bits per heavy atom. The third-order valence-electron chi connectivity index (χ3n) is 6.31. The van der Waals surface area contributed by atoms with Gasteiger partial charge in [0.25, 0.3) is 6.43 Å². The zero-order valence-electron chi connectivity index (χ0n) is 18.1. The number of aliphatic hydroxyl groups excluding tert-OH is 1. The number of aliphatic hydroxyl groups is 1. The fourth-order valence-electron chi connectivity index (χ4n) is 4.74. The maximum absolute atomic E-state index is 14.5. The van der Waals surface area contributed by atoms with Gasteiger partial charge in [0, 0.05) is 43.3 Å². The first-order chi connectivity index (χ1) is 15.5. The Hall–Kier alpha value is -2.65. The molecule has 1 fully saturated rings. The number of aromatic nitrogens is 3. The molecule has 2 atom stereocenters. The quantitative estimate of drug-likeness (QED) is 0.625. The van der Waals surface area contributed by atoms with Crippen molar-refractivity contribution in [2.45, 2.75) is 57.7 Å². The van der Waals surface area contributed by atoms with Gasteiger partial charge in [-0.2, -0.15) is 0 Å². The number of halogens is 3. The number of aryl methyl sites for hydroxylation is 1. The fourth-order valence-corrected chi connectivity index (χ4v) is 4.74. The zero-order valence-corrected chi connectivity index (χ0v) is 18.1. The van der Waals surface area contributed by atoms with Crippen LogP contribution in [0.1, 0.15) is 54.1 Å². The van der Waals surface area contributed by atoms with Crippen LogP contribution >= 0.6 is 0 Å². The predicted octanol–water partition coefficient (Wildman–Crippen LogP) is 4.24. The standard InChI is InChI=1S/C22H23F3N4O.CH4O/c1-12-15-5-7-29(22(15)28-11-27-12)13-2-3-14(8-13)30-19-9-17(21(24)25)20(23)16-4-6-26-10-18(16)19;1-2/h5,7,9,11,13-14,21,26H,2-4,6,8,10H2,1H3;2H,1H3. The smallest absolute Gasteiger partial charge is 0.266 e. The first-order valence-electron chi connectivity index (χ1n) is 10.8. The van der Waals surface area contributed by atoms with Crippen molar-refractivity contribution >= 4 is 11.0 Å². The van der Waals surface area contributed by atoms with Crippen molar-refractivity contribution in [1.82, 2.24) is 19.9 Å². The predicted molar refractivity (Wildman–Crippen MR) is 114 cm³/mol. The van der Waals surface area contributed by atoms with Gasteiger partial charge in [-0.05, 0) is 50.4 Å². The minimum Gasteiger partial charge on any atom is -0.490 e. The Morgan fingerprint density at radius 3 is 2.81 bits per heavy atom. The summed E-state index contributed by atoms with van der Waals surface area (Å²) < 4.78 is 49.7. The molecule has 1 aromatic carbocycles. The minimum atomic E-state index is -2.86. The lowest BCUT2D eigenvalue weighted by Gasteiger charge is -2.25. The first kappa shape index (κ1) is 22.5. The molecule has 32 heavy (non-hydrogen) atoms. The van der Waals surface area contributed by atoms with Crippen LogP contribution in [0.15, 0.2) is 24.7 Å². The van der Waals surface area contributed by atoms with E-state index in [4.69, 9.17) is 9.84 Å². The molecule has 0 radical (unpaired) electrons. The molecule has 172 valence electrons. The van der Waals surface area contributed by atoms with Crippen molar-refractivity contribution in [2.24, 2.45) is 0 Å². The van der Waals surface area contributed by atoms with Gasteiger partial charge in [-0.3, -0.25) is 0 Å². The molecule has 0 saturated heterocycles. The van der Waals surface area contributed by atoms with Crippen molar-refractivity contribution in [3.05, 3.63) is 52.9 Å². The molecule has 0 spiro atoms. The number of benzene rings is 1. The van der Waals surface area contributed by atoms with Crippen LogP contribution in [-0.4, -0.2) is 39.4 Å². The molecule has 3 aromatic rings. The van der Waals surface area contributed by atoms with Crippen molar-refractivity contribution in [2.75, 3.05) is 13.7 Å². The molecule has 2 aromatic heterocycles.